The first-order valence-corrected chi connectivity index (χ1v) is 13.2. The van der Waals surface area contributed by atoms with E-state index in [-0.39, 0.29) is 11.9 Å². The highest BCUT2D eigenvalue weighted by molar-refractivity contribution is 5.83. The summed E-state index contributed by atoms with van der Waals surface area (Å²) in [6.45, 7) is 12.5. The Labute approximate surface area is 200 Å². The van der Waals surface area contributed by atoms with E-state index >= 15 is 0 Å². The third-order valence-corrected chi connectivity index (χ3v) is 8.18. The lowest BCUT2D eigenvalue weighted by molar-refractivity contribution is -0.149. The van der Waals surface area contributed by atoms with Crippen molar-refractivity contribution >= 4 is 16.7 Å². The lowest BCUT2D eigenvalue weighted by Crippen LogP contribution is -2.36. The molecule has 3 nitrogen and oxygen atoms in total. The van der Waals surface area contributed by atoms with E-state index in [0.29, 0.717) is 12.0 Å². The predicted molar refractivity (Wildman–Crippen MR) is 137 cm³/mol. The number of carbonyl (C=O) groups excluding carboxylic acids is 1. The maximum absolute atomic E-state index is 12.0. The fourth-order valence-corrected chi connectivity index (χ4v) is 5.98. The number of piperidine rings is 1. The van der Waals surface area contributed by atoms with Gasteiger partial charge in [0.25, 0.3) is 0 Å². The van der Waals surface area contributed by atoms with Gasteiger partial charge in [-0.25, -0.2) is 0 Å². The average molecular weight is 450 g/mol. The largest absolute Gasteiger partial charge is 0.466 e. The van der Waals surface area contributed by atoms with Crippen molar-refractivity contribution in [1.82, 2.24) is 4.90 Å². The van der Waals surface area contributed by atoms with Crippen LogP contribution >= 0.6 is 0 Å². The molecule has 3 heteroatoms. The summed E-state index contributed by atoms with van der Waals surface area (Å²) in [5.74, 6) is 1.80. The summed E-state index contributed by atoms with van der Waals surface area (Å²) in [7, 11) is 0. The van der Waals surface area contributed by atoms with Crippen LogP contribution in [0.1, 0.15) is 77.3 Å². The molecule has 1 aliphatic heterocycles. The molecule has 2 aromatic carbocycles. The fraction of sp³-hybridized carbons (Fsp3) is 0.633. The van der Waals surface area contributed by atoms with E-state index in [1.165, 1.54) is 54.0 Å². The molecule has 1 saturated carbocycles. The van der Waals surface area contributed by atoms with Crippen molar-refractivity contribution in [2.45, 2.75) is 79.2 Å². The van der Waals surface area contributed by atoms with Crippen molar-refractivity contribution in [3.05, 3.63) is 47.5 Å². The minimum absolute atomic E-state index is 0.0130. The molecule has 0 radical (unpaired) electrons. The summed E-state index contributed by atoms with van der Waals surface area (Å²) < 4.78 is 5.20. The zero-order valence-corrected chi connectivity index (χ0v) is 21.2. The van der Waals surface area contributed by atoms with Crippen LogP contribution < -0.4 is 0 Å². The standard InChI is InChI=1S/C30H43NO2/c1-5-33-29(32)25-14-16-31(17-15-25)21-24-7-11-26-19-23(6-10-27(26)20-24)18-22-8-12-28(13-9-22)30(2,3)4/h6-7,10-11,19-20,22,25,28H,5,8-9,12-18,21H2,1-4H3. The molecule has 0 unspecified atom stereocenters. The van der Waals surface area contributed by atoms with Gasteiger partial charge in [-0.3, -0.25) is 9.69 Å². The van der Waals surface area contributed by atoms with Gasteiger partial charge in [0, 0.05) is 6.54 Å². The van der Waals surface area contributed by atoms with Gasteiger partial charge in [-0.05, 0) is 110 Å². The number of ether oxygens (including phenoxy) is 1. The minimum Gasteiger partial charge on any atom is -0.466 e. The molecule has 33 heavy (non-hydrogen) atoms. The Bertz CT molecular complexity index is 928. The normalized spacial score (nSPS) is 23.0. The van der Waals surface area contributed by atoms with Gasteiger partial charge in [0.05, 0.1) is 12.5 Å². The van der Waals surface area contributed by atoms with Gasteiger partial charge in [0.15, 0.2) is 0 Å². The molecule has 1 aliphatic carbocycles. The zero-order valence-electron chi connectivity index (χ0n) is 21.2. The second kappa shape index (κ2) is 10.6. The Hall–Kier alpha value is -1.87. The Morgan fingerprint density at radius 3 is 2.12 bits per heavy atom. The second-order valence-corrected chi connectivity index (χ2v) is 11.6. The van der Waals surface area contributed by atoms with Gasteiger partial charge in [-0.2, -0.15) is 0 Å². The topological polar surface area (TPSA) is 29.5 Å². The minimum atomic E-state index is -0.0130. The third-order valence-electron chi connectivity index (χ3n) is 8.18. The number of hydrogen-bond acceptors (Lipinski definition) is 3. The molecule has 0 aromatic heterocycles. The predicted octanol–water partition coefficient (Wildman–Crippen LogP) is 7.01. The van der Waals surface area contributed by atoms with E-state index < -0.39 is 0 Å². The highest BCUT2D eigenvalue weighted by atomic mass is 16.5. The molecule has 2 fully saturated rings. The molecule has 2 aliphatic rings. The summed E-state index contributed by atoms with van der Waals surface area (Å²) in [5, 5.41) is 2.70. The van der Waals surface area contributed by atoms with Gasteiger partial charge in [0.1, 0.15) is 0 Å². The van der Waals surface area contributed by atoms with Crippen LogP contribution in [0.3, 0.4) is 0 Å². The van der Waals surface area contributed by atoms with Crippen LogP contribution in [0.4, 0.5) is 0 Å². The molecule has 0 amide bonds. The molecule has 0 bridgehead atoms. The molecule has 180 valence electrons. The monoisotopic (exact) mass is 449 g/mol. The molecule has 2 aromatic rings. The van der Waals surface area contributed by atoms with Crippen molar-refractivity contribution in [3.8, 4) is 0 Å². The number of fused-ring (bicyclic) bond motifs is 1. The molecule has 0 N–H and O–H groups in total. The van der Waals surface area contributed by atoms with Gasteiger partial charge in [-0.1, -0.05) is 51.1 Å². The van der Waals surface area contributed by atoms with Gasteiger partial charge in [-0.15, -0.1) is 0 Å². The van der Waals surface area contributed by atoms with E-state index in [1.54, 1.807) is 0 Å². The maximum Gasteiger partial charge on any atom is 0.309 e. The number of esters is 1. The van der Waals surface area contributed by atoms with E-state index in [0.717, 1.165) is 44.3 Å². The van der Waals surface area contributed by atoms with Crippen LogP contribution in [0, 0.1) is 23.2 Å². The fourth-order valence-electron chi connectivity index (χ4n) is 5.98. The number of benzene rings is 2. The van der Waals surface area contributed by atoms with Crippen LogP contribution in [0.15, 0.2) is 36.4 Å². The zero-order chi connectivity index (χ0) is 23.4. The first-order chi connectivity index (χ1) is 15.8. The van der Waals surface area contributed by atoms with Gasteiger partial charge < -0.3 is 4.74 Å². The Morgan fingerprint density at radius 2 is 1.52 bits per heavy atom. The first-order valence-electron chi connectivity index (χ1n) is 13.2. The van der Waals surface area contributed by atoms with E-state index in [4.69, 9.17) is 4.74 Å². The summed E-state index contributed by atoms with van der Waals surface area (Å²) in [5.41, 5.74) is 3.32. The lowest BCUT2D eigenvalue weighted by atomic mass is 9.69. The number of carbonyl (C=O) groups is 1. The number of likely N-dealkylation sites (tertiary alicyclic amines) is 1. The van der Waals surface area contributed by atoms with Crippen molar-refractivity contribution in [3.63, 3.8) is 0 Å². The van der Waals surface area contributed by atoms with Crippen LogP contribution in [-0.2, 0) is 22.5 Å². The van der Waals surface area contributed by atoms with E-state index in [1.807, 2.05) is 6.92 Å². The maximum atomic E-state index is 12.0. The van der Waals surface area contributed by atoms with Crippen LogP contribution in [-0.4, -0.2) is 30.6 Å². The molecular weight excluding hydrogens is 406 g/mol. The molecular formula is C30H43NO2. The Morgan fingerprint density at radius 1 is 0.909 bits per heavy atom. The molecule has 1 saturated heterocycles. The smallest absolute Gasteiger partial charge is 0.309 e. The van der Waals surface area contributed by atoms with Crippen molar-refractivity contribution in [2.24, 2.45) is 23.2 Å². The Kier molecular flexibility index (Phi) is 7.79. The molecule has 0 spiro atoms. The van der Waals surface area contributed by atoms with E-state index in [2.05, 4.69) is 62.1 Å². The van der Waals surface area contributed by atoms with E-state index in [9.17, 15) is 4.79 Å². The first kappa shape index (κ1) is 24.3. The summed E-state index contributed by atoms with van der Waals surface area (Å²) in [4.78, 5) is 14.4. The van der Waals surface area contributed by atoms with Crippen molar-refractivity contribution in [2.75, 3.05) is 19.7 Å². The van der Waals surface area contributed by atoms with Crippen molar-refractivity contribution in [1.29, 1.82) is 0 Å². The van der Waals surface area contributed by atoms with Crippen molar-refractivity contribution < 1.29 is 9.53 Å². The Balaban J connectivity index is 1.31. The summed E-state index contributed by atoms with van der Waals surface area (Å²) >= 11 is 0. The molecule has 4 rings (SSSR count). The number of rotatable bonds is 6. The summed E-state index contributed by atoms with van der Waals surface area (Å²) in [6, 6.07) is 14.0. The van der Waals surface area contributed by atoms with Gasteiger partial charge >= 0.3 is 5.97 Å². The summed E-state index contributed by atoms with van der Waals surface area (Å²) in [6.07, 6.45) is 8.59. The number of nitrogens with zero attached hydrogens (tertiary/aromatic N) is 1. The quantitative estimate of drug-likeness (QED) is 0.444. The highest BCUT2D eigenvalue weighted by Gasteiger charge is 2.29. The van der Waals surface area contributed by atoms with Crippen LogP contribution in [0.25, 0.3) is 10.8 Å². The van der Waals surface area contributed by atoms with Gasteiger partial charge in [0.2, 0.25) is 0 Å². The highest BCUT2D eigenvalue weighted by Crippen LogP contribution is 2.40. The average Bonchev–Trinajstić information content (AvgIpc) is 2.79. The SMILES string of the molecule is CCOC(=O)C1CCN(Cc2ccc3cc(CC4CCC(C(C)(C)C)CC4)ccc3c2)CC1. The number of hydrogen-bond donors (Lipinski definition) is 0. The lowest BCUT2D eigenvalue weighted by Gasteiger charge is -2.37. The van der Waals surface area contributed by atoms with Crippen LogP contribution in [0.5, 0.6) is 0 Å². The second-order valence-electron chi connectivity index (χ2n) is 11.6. The van der Waals surface area contributed by atoms with Crippen LogP contribution in [0.2, 0.25) is 0 Å². The third kappa shape index (κ3) is 6.38. The molecule has 0 atom stereocenters. The molecule has 1 heterocycles.